The second kappa shape index (κ2) is 7.63. The lowest BCUT2D eigenvalue weighted by Gasteiger charge is -2.07. The molecular formula is C18H16ClN3O2S. The number of hydrogen-bond donors (Lipinski definition) is 2. The Morgan fingerprint density at radius 2 is 1.92 bits per heavy atom. The Morgan fingerprint density at radius 3 is 2.68 bits per heavy atom. The molecule has 0 aliphatic carbocycles. The van der Waals surface area contributed by atoms with Gasteiger partial charge in [0.05, 0.1) is 10.2 Å². The summed E-state index contributed by atoms with van der Waals surface area (Å²) >= 11 is 7.24. The van der Waals surface area contributed by atoms with Crippen molar-refractivity contribution in [3.8, 4) is 0 Å². The first-order valence-electron chi connectivity index (χ1n) is 7.72. The molecule has 0 aliphatic rings. The minimum atomic E-state index is -0.242. The van der Waals surface area contributed by atoms with Gasteiger partial charge in [0, 0.05) is 24.2 Å². The molecule has 3 rings (SSSR count). The van der Waals surface area contributed by atoms with Crippen molar-refractivity contribution in [3.63, 3.8) is 0 Å². The van der Waals surface area contributed by atoms with E-state index in [0.717, 1.165) is 16.0 Å². The third-order valence-corrected chi connectivity index (χ3v) is 4.74. The molecule has 25 heavy (non-hydrogen) atoms. The van der Waals surface area contributed by atoms with Gasteiger partial charge in [0.25, 0.3) is 5.91 Å². The summed E-state index contributed by atoms with van der Waals surface area (Å²) in [7, 11) is 0. The zero-order valence-corrected chi connectivity index (χ0v) is 15.1. The SMILES string of the molecule is Cc1ccc(NC(=O)CCNC(=O)c2ccc3sc(Cl)nc3c2)cc1. The van der Waals surface area contributed by atoms with E-state index in [4.69, 9.17) is 11.6 Å². The maximum absolute atomic E-state index is 12.2. The van der Waals surface area contributed by atoms with Gasteiger partial charge >= 0.3 is 0 Å². The number of thiazole rings is 1. The number of benzene rings is 2. The number of aryl methyl sites for hydroxylation is 1. The van der Waals surface area contributed by atoms with E-state index in [9.17, 15) is 9.59 Å². The molecule has 3 aromatic rings. The van der Waals surface area contributed by atoms with Crippen LogP contribution >= 0.6 is 22.9 Å². The highest BCUT2D eigenvalue weighted by Crippen LogP contribution is 2.26. The van der Waals surface area contributed by atoms with E-state index in [1.165, 1.54) is 11.3 Å². The Labute approximate surface area is 154 Å². The minimum Gasteiger partial charge on any atom is -0.352 e. The molecule has 0 unspecified atom stereocenters. The van der Waals surface area contributed by atoms with Crippen LogP contribution in [0.25, 0.3) is 10.2 Å². The first-order chi connectivity index (χ1) is 12.0. The van der Waals surface area contributed by atoms with Gasteiger partial charge < -0.3 is 10.6 Å². The van der Waals surface area contributed by atoms with Crippen LogP contribution in [0.5, 0.6) is 0 Å². The molecule has 2 amide bonds. The molecule has 1 heterocycles. The highest BCUT2D eigenvalue weighted by atomic mass is 35.5. The lowest BCUT2D eigenvalue weighted by atomic mass is 10.2. The molecule has 7 heteroatoms. The maximum atomic E-state index is 12.2. The average Bonchev–Trinajstić information content (AvgIpc) is 2.96. The number of hydrogen-bond acceptors (Lipinski definition) is 4. The summed E-state index contributed by atoms with van der Waals surface area (Å²) in [6, 6.07) is 12.8. The molecule has 0 atom stereocenters. The van der Waals surface area contributed by atoms with Gasteiger partial charge in [0.2, 0.25) is 5.91 Å². The quantitative estimate of drug-likeness (QED) is 0.709. The summed E-state index contributed by atoms with van der Waals surface area (Å²) in [4.78, 5) is 28.2. The number of carbonyl (C=O) groups excluding carboxylic acids is 2. The molecule has 0 bridgehead atoms. The number of fused-ring (bicyclic) bond motifs is 1. The summed E-state index contributed by atoms with van der Waals surface area (Å²) in [6.45, 7) is 2.24. The molecule has 0 saturated carbocycles. The van der Waals surface area contributed by atoms with E-state index in [-0.39, 0.29) is 24.8 Å². The van der Waals surface area contributed by atoms with Crippen LogP contribution in [0.3, 0.4) is 0 Å². The van der Waals surface area contributed by atoms with Crippen LogP contribution in [-0.4, -0.2) is 23.3 Å². The Morgan fingerprint density at radius 1 is 1.16 bits per heavy atom. The zero-order valence-electron chi connectivity index (χ0n) is 13.5. The van der Waals surface area contributed by atoms with Gasteiger partial charge in [0.1, 0.15) is 0 Å². The second-order valence-electron chi connectivity index (χ2n) is 5.57. The molecule has 128 valence electrons. The van der Waals surface area contributed by atoms with Crippen LogP contribution in [0.4, 0.5) is 5.69 Å². The molecule has 0 aliphatic heterocycles. The maximum Gasteiger partial charge on any atom is 0.251 e. The van der Waals surface area contributed by atoms with E-state index < -0.39 is 0 Å². The number of aromatic nitrogens is 1. The standard InChI is InChI=1S/C18H16ClN3O2S/c1-11-2-5-13(6-3-11)21-16(23)8-9-20-17(24)12-4-7-15-14(10-12)22-18(19)25-15/h2-7,10H,8-9H2,1H3,(H,20,24)(H,21,23). The predicted octanol–water partition coefficient (Wildman–Crippen LogP) is 4.02. The van der Waals surface area contributed by atoms with Gasteiger partial charge in [-0.3, -0.25) is 9.59 Å². The summed E-state index contributed by atoms with van der Waals surface area (Å²) < 4.78 is 1.37. The fourth-order valence-corrected chi connectivity index (χ4v) is 3.30. The third kappa shape index (κ3) is 4.55. The Hall–Kier alpha value is -2.44. The van der Waals surface area contributed by atoms with Crippen LogP contribution in [-0.2, 0) is 4.79 Å². The van der Waals surface area contributed by atoms with Crippen molar-refractivity contribution < 1.29 is 9.59 Å². The predicted molar refractivity (Wildman–Crippen MR) is 101 cm³/mol. The Balaban J connectivity index is 1.51. The normalized spacial score (nSPS) is 10.6. The molecular weight excluding hydrogens is 358 g/mol. The third-order valence-electron chi connectivity index (χ3n) is 3.60. The molecule has 0 spiro atoms. The fraction of sp³-hybridized carbons (Fsp3) is 0.167. The van der Waals surface area contributed by atoms with Gasteiger partial charge in [-0.1, -0.05) is 29.3 Å². The Bertz CT molecular complexity index is 922. The first-order valence-corrected chi connectivity index (χ1v) is 8.91. The van der Waals surface area contributed by atoms with Crippen LogP contribution in [0.15, 0.2) is 42.5 Å². The van der Waals surface area contributed by atoms with Crippen molar-refractivity contribution in [2.24, 2.45) is 0 Å². The summed E-state index contributed by atoms with van der Waals surface area (Å²) in [5, 5.41) is 5.54. The first kappa shape index (κ1) is 17.4. The van der Waals surface area contributed by atoms with Crippen LogP contribution in [0.1, 0.15) is 22.3 Å². The van der Waals surface area contributed by atoms with E-state index in [1.807, 2.05) is 37.3 Å². The monoisotopic (exact) mass is 373 g/mol. The summed E-state index contributed by atoms with van der Waals surface area (Å²) in [5.74, 6) is -0.389. The Kier molecular flexibility index (Phi) is 5.31. The molecule has 0 fully saturated rings. The van der Waals surface area contributed by atoms with Crippen molar-refractivity contribution >= 4 is 50.7 Å². The molecule has 5 nitrogen and oxygen atoms in total. The van der Waals surface area contributed by atoms with Crippen molar-refractivity contribution in [1.82, 2.24) is 10.3 Å². The largest absolute Gasteiger partial charge is 0.352 e. The number of nitrogens with one attached hydrogen (secondary N) is 2. The van der Waals surface area contributed by atoms with E-state index in [0.29, 0.717) is 15.5 Å². The number of carbonyl (C=O) groups is 2. The number of nitrogens with zero attached hydrogens (tertiary/aromatic N) is 1. The van der Waals surface area contributed by atoms with Crippen molar-refractivity contribution in [2.75, 3.05) is 11.9 Å². The average molecular weight is 374 g/mol. The topological polar surface area (TPSA) is 71.1 Å². The van der Waals surface area contributed by atoms with Gasteiger partial charge in [-0.25, -0.2) is 4.98 Å². The highest BCUT2D eigenvalue weighted by molar-refractivity contribution is 7.22. The van der Waals surface area contributed by atoms with Crippen molar-refractivity contribution in [2.45, 2.75) is 13.3 Å². The van der Waals surface area contributed by atoms with Crippen molar-refractivity contribution in [3.05, 3.63) is 58.1 Å². The number of amides is 2. The van der Waals surface area contributed by atoms with Crippen LogP contribution in [0, 0.1) is 6.92 Å². The van der Waals surface area contributed by atoms with E-state index in [2.05, 4.69) is 15.6 Å². The smallest absolute Gasteiger partial charge is 0.251 e. The molecule has 2 aromatic carbocycles. The fourth-order valence-electron chi connectivity index (χ4n) is 2.29. The number of halogens is 1. The second-order valence-corrected chi connectivity index (χ2v) is 7.18. The lowest BCUT2D eigenvalue weighted by Crippen LogP contribution is -2.27. The number of anilines is 1. The van der Waals surface area contributed by atoms with Gasteiger partial charge in [-0.05, 0) is 37.3 Å². The molecule has 2 N–H and O–H groups in total. The van der Waals surface area contributed by atoms with Crippen LogP contribution in [0.2, 0.25) is 4.47 Å². The van der Waals surface area contributed by atoms with Gasteiger partial charge in [-0.15, -0.1) is 11.3 Å². The van der Waals surface area contributed by atoms with E-state index in [1.54, 1.807) is 12.1 Å². The summed E-state index contributed by atoms with van der Waals surface area (Å²) in [5.41, 5.74) is 3.06. The van der Waals surface area contributed by atoms with E-state index >= 15 is 0 Å². The molecule has 0 radical (unpaired) electrons. The zero-order chi connectivity index (χ0) is 17.8. The minimum absolute atomic E-state index is 0.147. The number of rotatable bonds is 5. The summed E-state index contributed by atoms with van der Waals surface area (Å²) in [6.07, 6.45) is 0.199. The van der Waals surface area contributed by atoms with Gasteiger partial charge in [-0.2, -0.15) is 0 Å². The lowest BCUT2D eigenvalue weighted by molar-refractivity contribution is -0.116. The molecule has 1 aromatic heterocycles. The van der Waals surface area contributed by atoms with Gasteiger partial charge in [0.15, 0.2) is 4.47 Å². The highest BCUT2D eigenvalue weighted by Gasteiger charge is 2.10. The van der Waals surface area contributed by atoms with Crippen molar-refractivity contribution in [1.29, 1.82) is 0 Å². The molecule has 0 saturated heterocycles. The van der Waals surface area contributed by atoms with Crippen LogP contribution < -0.4 is 10.6 Å².